The second-order valence-electron chi connectivity index (χ2n) is 3.13. The molecule has 0 saturated heterocycles. The van der Waals surface area contributed by atoms with Crippen molar-refractivity contribution >= 4 is 37.4 Å². The molecule has 0 amide bonds. The van der Waals surface area contributed by atoms with Gasteiger partial charge >= 0.3 is 12.1 Å². The van der Waals surface area contributed by atoms with E-state index in [0.29, 0.717) is 0 Å². The van der Waals surface area contributed by atoms with E-state index in [-0.39, 0.29) is 12.3 Å². The fourth-order valence-electron chi connectivity index (χ4n) is 1.15. The first-order chi connectivity index (χ1) is 7.42. The lowest BCUT2D eigenvalue weighted by molar-refractivity contribution is -0.435. The Morgan fingerprint density at radius 2 is 2.25 bits per heavy atom. The van der Waals surface area contributed by atoms with Crippen LogP contribution in [0.15, 0.2) is 10.3 Å². The lowest BCUT2D eigenvalue weighted by Crippen LogP contribution is -2.34. The molecule has 0 radical (unpaired) electrons. The molecular formula is C8H12O5S3. The molecule has 1 heterocycles. The first-order valence-electron chi connectivity index (χ1n) is 4.51. The van der Waals surface area contributed by atoms with Gasteiger partial charge in [0, 0.05) is 10.8 Å². The molecule has 1 aliphatic rings. The minimum absolute atomic E-state index is 0.0117. The maximum atomic E-state index is 11.2. The first kappa shape index (κ1) is 14.2. The van der Waals surface area contributed by atoms with Crippen molar-refractivity contribution in [1.29, 1.82) is 0 Å². The summed E-state index contributed by atoms with van der Waals surface area (Å²) < 4.78 is 4.01. The highest BCUT2D eigenvalue weighted by molar-refractivity contribution is 9.11. The third-order valence-electron chi connectivity index (χ3n) is 1.89. The minimum atomic E-state index is -3.38. The predicted octanol–water partition coefficient (Wildman–Crippen LogP) is 1.42. The zero-order valence-electron chi connectivity index (χ0n) is 8.45. The standard InChI is InChI=1S/C8H12O5S3/c1-2-5(6-4-14-16-15-6)3-7(9)13-8(10,11)12/h4-5,10-12H,2-3H2,1H3. The smallest absolute Gasteiger partial charge is 0.384 e. The number of allylic oxidation sites excluding steroid dienone is 1. The fourth-order valence-corrected chi connectivity index (χ4v) is 5.42. The van der Waals surface area contributed by atoms with Crippen molar-refractivity contribution in [3.05, 3.63) is 10.3 Å². The van der Waals surface area contributed by atoms with E-state index in [2.05, 4.69) is 4.74 Å². The van der Waals surface area contributed by atoms with Crippen LogP contribution in [-0.2, 0) is 9.53 Å². The molecular weight excluding hydrogens is 272 g/mol. The highest BCUT2D eigenvalue weighted by Gasteiger charge is 2.28. The lowest BCUT2D eigenvalue weighted by atomic mass is 10.0. The monoisotopic (exact) mass is 284 g/mol. The maximum absolute atomic E-state index is 11.2. The predicted molar refractivity (Wildman–Crippen MR) is 64.7 cm³/mol. The van der Waals surface area contributed by atoms with Crippen LogP contribution in [0.4, 0.5) is 0 Å². The van der Waals surface area contributed by atoms with Gasteiger partial charge in [0.15, 0.2) is 0 Å². The van der Waals surface area contributed by atoms with E-state index < -0.39 is 12.1 Å². The Bertz CT molecular complexity index is 286. The fraction of sp³-hybridized carbons (Fsp3) is 0.625. The van der Waals surface area contributed by atoms with Crippen LogP contribution in [-0.4, -0.2) is 27.4 Å². The number of esters is 1. The number of ether oxygens (including phenoxy) is 1. The molecule has 0 bridgehead atoms. The summed E-state index contributed by atoms with van der Waals surface area (Å²) >= 11 is 0. The van der Waals surface area contributed by atoms with Crippen molar-refractivity contribution in [1.82, 2.24) is 0 Å². The van der Waals surface area contributed by atoms with E-state index in [4.69, 9.17) is 15.3 Å². The van der Waals surface area contributed by atoms with Gasteiger partial charge in [-0.3, -0.25) is 4.79 Å². The summed E-state index contributed by atoms with van der Waals surface area (Å²) in [6, 6.07) is 0. The molecule has 0 aromatic carbocycles. The zero-order valence-corrected chi connectivity index (χ0v) is 10.9. The number of hydrogen-bond donors (Lipinski definition) is 3. The Labute approximate surface area is 104 Å². The van der Waals surface area contributed by atoms with Crippen molar-refractivity contribution in [3.8, 4) is 0 Å². The number of hydrogen-bond acceptors (Lipinski definition) is 8. The average Bonchev–Trinajstić information content (AvgIpc) is 2.63. The quantitative estimate of drug-likeness (QED) is 0.397. The number of carbonyl (C=O) groups is 1. The molecule has 0 saturated carbocycles. The molecule has 0 fully saturated rings. The van der Waals surface area contributed by atoms with E-state index >= 15 is 0 Å². The molecule has 0 aliphatic carbocycles. The Hall–Kier alpha value is 0.140. The summed E-state index contributed by atoms with van der Waals surface area (Å²) in [5.41, 5.74) is 0. The summed E-state index contributed by atoms with van der Waals surface area (Å²) in [4.78, 5) is 12.3. The minimum Gasteiger partial charge on any atom is -0.384 e. The van der Waals surface area contributed by atoms with Crippen LogP contribution in [0, 0.1) is 5.92 Å². The summed E-state index contributed by atoms with van der Waals surface area (Å²) in [5, 5.41) is 27.4. The Morgan fingerprint density at radius 1 is 1.56 bits per heavy atom. The summed E-state index contributed by atoms with van der Waals surface area (Å²) in [5.74, 6) is -0.856. The van der Waals surface area contributed by atoms with Gasteiger partial charge in [0.05, 0.1) is 6.42 Å². The van der Waals surface area contributed by atoms with Gasteiger partial charge in [0.25, 0.3) is 0 Å². The van der Waals surface area contributed by atoms with Crippen LogP contribution in [0.1, 0.15) is 19.8 Å². The van der Waals surface area contributed by atoms with Crippen molar-refractivity contribution < 1.29 is 24.9 Å². The van der Waals surface area contributed by atoms with Gasteiger partial charge in [-0.15, -0.1) is 0 Å². The third kappa shape index (κ3) is 4.98. The van der Waals surface area contributed by atoms with Gasteiger partial charge < -0.3 is 20.1 Å². The molecule has 1 atom stereocenters. The molecule has 0 aromatic rings. The highest BCUT2D eigenvalue weighted by Crippen LogP contribution is 2.52. The Morgan fingerprint density at radius 3 is 2.69 bits per heavy atom. The van der Waals surface area contributed by atoms with Gasteiger partial charge in [0.1, 0.15) is 0 Å². The second-order valence-corrected chi connectivity index (χ2v) is 7.04. The van der Waals surface area contributed by atoms with Crippen LogP contribution in [0.3, 0.4) is 0 Å². The molecule has 16 heavy (non-hydrogen) atoms. The highest BCUT2D eigenvalue weighted by atomic mass is 33.5. The van der Waals surface area contributed by atoms with E-state index in [1.165, 1.54) is 0 Å². The Kier molecular flexibility index (Phi) is 5.48. The topological polar surface area (TPSA) is 87.0 Å². The van der Waals surface area contributed by atoms with Crippen LogP contribution in [0.2, 0.25) is 0 Å². The summed E-state index contributed by atoms with van der Waals surface area (Å²) in [6.07, 6.45) is -2.62. The van der Waals surface area contributed by atoms with Crippen molar-refractivity contribution in [2.24, 2.45) is 5.92 Å². The summed E-state index contributed by atoms with van der Waals surface area (Å²) in [7, 11) is 4.77. The van der Waals surface area contributed by atoms with Crippen molar-refractivity contribution in [3.63, 3.8) is 0 Å². The van der Waals surface area contributed by atoms with E-state index in [9.17, 15) is 4.79 Å². The molecule has 1 unspecified atom stereocenters. The van der Waals surface area contributed by atoms with E-state index in [1.54, 1.807) is 31.4 Å². The third-order valence-corrected chi connectivity index (χ3v) is 5.81. The van der Waals surface area contributed by atoms with Crippen LogP contribution in [0.5, 0.6) is 0 Å². The van der Waals surface area contributed by atoms with E-state index in [0.717, 1.165) is 11.3 Å². The first-order valence-corrected chi connectivity index (χ1v) is 8.06. The largest absolute Gasteiger partial charge is 0.455 e. The number of aliphatic hydroxyl groups is 3. The SMILES string of the molecule is CCC(CC(=O)OC(O)(O)O)C1=CSSS1. The van der Waals surface area contributed by atoms with Gasteiger partial charge in [-0.05, 0) is 32.4 Å². The van der Waals surface area contributed by atoms with Crippen molar-refractivity contribution in [2.75, 3.05) is 0 Å². The van der Waals surface area contributed by atoms with Gasteiger partial charge in [-0.25, -0.2) is 0 Å². The normalized spacial score (nSPS) is 18.1. The van der Waals surface area contributed by atoms with Crippen molar-refractivity contribution in [2.45, 2.75) is 25.9 Å². The molecule has 1 aliphatic heterocycles. The molecule has 3 N–H and O–H groups in total. The maximum Gasteiger partial charge on any atom is 0.455 e. The Balaban J connectivity index is 2.47. The molecule has 5 nitrogen and oxygen atoms in total. The van der Waals surface area contributed by atoms with Gasteiger partial charge in [0.2, 0.25) is 0 Å². The molecule has 0 spiro atoms. The van der Waals surface area contributed by atoms with Crippen LogP contribution < -0.4 is 0 Å². The molecule has 92 valence electrons. The molecule has 8 heteroatoms. The van der Waals surface area contributed by atoms with Crippen LogP contribution >= 0.6 is 31.4 Å². The number of rotatable bonds is 5. The molecule has 1 rings (SSSR count). The average molecular weight is 284 g/mol. The lowest BCUT2D eigenvalue weighted by Gasteiger charge is -2.17. The van der Waals surface area contributed by atoms with Gasteiger partial charge in [-0.2, -0.15) is 0 Å². The van der Waals surface area contributed by atoms with Gasteiger partial charge in [-0.1, -0.05) is 17.7 Å². The zero-order chi connectivity index (χ0) is 12.2. The number of carbonyl (C=O) groups excluding carboxylic acids is 1. The summed E-state index contributed by atoms with van der Waals surface area (Å²) in [6.45, 7) is 1.93. The van der Waals surface area contributed by atoms with Crippen LogP contribution in [0.25, 0.3) is 0 Å². The second kappa shape index (κ2) is 6.18. The van der Waals surface area contributed by atoms with E-state index in [1.807, 2.05) is 12.3 Å². The molecule has 0 aromatic heterocycles.